The Morgan fingerprint density at radius 1 is 1.33 bits per heavy atom. The van der Waals surface area contributed by atoms with Gasteiger partial charge in [-0.25, -0.2) is 0 Å². The molecular weight excluding hydrogens is 251 g/mol. The van der Waals surface area contributed by atoms with E-state index in [9.17, 15) is 0 Å². The molecule has 5 heteroatoms. The average Bonchev–Trinajstić information content (AvgIpc) is 2.71. The van der Waals surface area contributed by atoms with Crippen LogP contribution in [0.4, 0.5) is 0 Å². The molecule has 2 rings (SSSR count). The number of hydrogen-bond acceptors (Lipinski definition) is 3. The van der Waals surface area contributed by atoms with E-state index in [0.717, 1.165) is 13.1 Å². The topological polar surface area (TPSA) is 15.3 Å². The van der Waals surface area contributed by atoms with Crippen LogP contribution < -0.4 is 5.32 Å². The molecule has 1 N–H and O–H groups in total. The van der Waals surface area contributed by atoms with Crippen molar-refractivity contribution in [2.24, 2.45) is 0 Å². The maximum atomic E-state index is 3.38. The van der Waals surface area contributed by atoms with Crippen LogP contribution in [0, 0.1) is 0 Å². The van der Waals surface area contributed by atoms with Gasteiger partial charge in [-0.15, -0.1) is 36.2 Å². The van der Waals surface area contributed by atoms with Gasteiger partial charge in [-0.1, -0.05) is 6.07 Å². The minimum atomic E-state index is 0. The molecule has 0 aromatic carbocycles. The van der Waals surface area contributed by atoms with E-state index in [4.69, 9.17) is 0 Å². The predicted molar refractivity (Wildman–Crippen MR) is 71.7 cm³/mol. The molecule has 1 saturated heterocycles. The standard InChI is InChI=1S/C10H16N2S.2ClH/c1-9(10-3-2-8-13-10)12-6-4-11-5-7-12;;/h2-3,8-9,11H,4-7H2,1H3;2*1H/t9-;;/m1../s1. The summed E-state index contributed by atoms with van der Waals surface area (Å²) in [5, 5.41) is 5.54. The highest BCUT2D eigenvalue weighted by Crippen LogP contribution is 2.24. The number of halogens is 2. The zero-order valence-electron chi connectivity index (χ0n) is 8.81. The molecule has 0 saturated carbocycles. The zero-order valence-corrected chi connectivity index (χ0v) is 11.3. The first-order chi connectivity index (χ1) is 6.38. The summed E-state index contributed by atoms with van der Waals surface area (Å²) in [7, 11) is 0. The van der Waals surface area contributed by atoms with Crippen LogP contribution >= 0.6 is 36.2 Å². The van der Waals surface area contributed by atoms with E-state index in [1.807, 2.05) is 11.3 Å². The highest BCUT2D eigenvalue weighted by atomic mass is 35.5. The van der Waals surface area contributed by atoms with Gasteiger partial charge in [0, 0.05) is 37.1 Å². The molecule has 1 aliphatic heterocycles. The Hall–Kier alpha value is 0.200. The first-order valence-electron chi connectivity index (χ1n) is 4.86. The Balaban J connectivity index is 0.000000980. The summed E-state index contributed by atoms with van der Waals surface area (Å²) in [6, 6.07) is 4.97. The molecule has 0 unspecified atom stereocenters. The first kappa shape index (κ1) is 15.2. The summed E-state index contributed by atoms with van der Waals surface area (Å²) in [5.41, 5.74) is 0. The molecule has 1 fully saturated rings. The number of rotatable bonds is 2. The quantitative estimate of drug-likeness (QED) is 0.887. The molecule has 15 heavy (non-hydrogen) atoms. The summed E-state index contributed by atoms with van der Waals surface area (Å²) in [6.07, 6.45) is 0. The highest BCUT2D eigenvalue weighted by molar-refractivity contribution is 7.10. The van der Waals surface area contributed by atoms with Gasteiger partial charge in [-0.3, -0.25) is 4.90 Å². The fourth-order valence-corrected chi connectivity index (χ4v) is 2.60. The van der Waals surface area contributed by atoms with Crippen LogP contribution in [0.1, 0.15) is 17.8 Å². The van der Waals surface area contributed by atoms with Gasteiger partial charge in [-0.05, 0) is 18.4 Å². The van der Waals surface area contributed by atoms with Crippen LogP contribution in [0.5, 0.6) is 0 Å². The number of nitrogens with one attached hydrogen (secondary N) is 1. The van der Waals surface area contributed by atoms with Crippen LogP contribution in [-0.2, 0) is 0 Å². The van der Waals surface area contributed by atoms with Crippen LogP contribution in [0.3, 0.4) is 0 Å². The Labute approximate surface area is 108 Å². The van der Waals surface area contributed by atoms with Crippen molar-refractivity contribution in [1.29, 1.82) is 0 Å². The molecule has 0 aliphatic carbocycles. The van der Waals surface area contributed by atoms with Crippen molar-refractivity contribution in [2.45, 2.75) is 13.0 Å². The van der Waals surface area contributed by atoms with Gasteiger partial charge in [0.15, 0.2) is 0 Å². The fourth-order valence-electron chi connectivity index (χ4n) is 1.78. The molecule has 0 bridgehead atoms. The Morgan fingerprint density at radius 2 is 2.00 bits per heavy atom. The van der Waals surface area contributed by atoms with Crippen molar-refractivity contribution < 1.29 is 0 Å². The molecule has 0 amide bonds. The van der Waals surface area contributed by atoms with Gasteiger partial charge in [0.05, 0.1) is 0 Å². The summed E-state index contributed by atoms with van der Waals surface area (Å²) in [5.74, 6) is 0. The van der Waals surface area contributed by atoms with E-state index in [0.29, 0.717) is 6.04 Å². The highest BCUT2D eigenvalue weighted by Gasteiger charge is 2.17. The Bertz CT molecular complexity index is 248. The average molecular weight is 269 g/mol. The number of thiophene rings is 1. The molecule has 0 spiro atoms. The molecule has 2 nitrogen and oxygen atoms in total. The van der Waals surface area contributed by atoms with Gasteiger partial charge in [0.25, 0.3) is 0 Å². The van der Waals surface area contributed by atoms with Gasteiger partial charge < -0.3 is 5.32 Å². The van der Waals surface area contributed by atoms with Crippen molar-refractivity contribution in [3.63, 3.8) is 0 Å². The summed E-state index contributed by atoms with van der Waals surface area (Å²) < 4.78 is 0. The van der Waals surface area contributed by atoms with Crippen molar-refractivity contribution in [2.75, 3.05) is 26.2 Å². The third kappa shape index (κ3) is 3.93. The van der Waals surface area contributed by atoms with E-state index >= 15 is 0 Å². The van der Waals surface area contributed by atoms with Gasteiger partial charge in [-0.2, -0.15) is 0 Å². The molecule has 1 aliphatic rings. The monoisotopic (exact) mass is 268 g/mol. The van der Waals surface area contributed by atoms with E-state index in [1.165, 1.54) is 18.0 Å². The zero-order chi connectivity index (χ0) is 9.10. The lowest BCUT2D eigenvalue weighted by Gasteiger charge is -2.32. The van der Waals surface area contributed by atoms with Crippen LogP contribution in [0.25, 0.3) is 0 Å². The first-order valence-corrected chi connectivity index (χ1v) is 5.74. The molecule has 2 heterocycles. The Kier molecular flexibility index (Phi) is 7.57. The molecular formula is C10H18Cl2N2S. The molecule has 1 aromatic rings. The molecule has 1 atom stereocenters. The second-order valence-corrected chi connectivity index (χ2v) is 4.46. The number of nitrogens with zero attached hydrogens (tertiary/aromatic N) is 1. The summed E-state index contributed by atoms with van der Waals surface area (Å²) >= 11 is 1.86. The van der Waals surface area contributed by atoms with Crippen molar-refractivity contribution in [3.05, 3.63) is 22.4 Å². The van der Waals surface area contributed by atoms with Crippen molar-refractivity contribution in [1.82, 2.24) is 10.2 Å². The van der Waals surface area contributed by atoms with Gasteiger partial charge >= 0.3 is 0 Å². The van der Waals surface area contributed by atoms with Crippen LogP contribution in [-0.4, -0.2) is 31.1 Å². The third-order valence-electron chi connectivity index (χ3n) is 2.65. The number of piperazine rings is 1. The Morgan fingerprint density at radius 3 is 2.53 bits per heavy atom. The second kappa shape index (κ2) is 7.47. The fraction of sp³-hybridized carbons (Fsp3) is 0.600. The van der Waals surface area contributed by atoms with Gasteiger partial charge in [0.2, 0.25) is 0 Å². The SMILES string of the molecule is C[C@H](c1cccs1)N1CCNCC1.Cl.Cl. The molecule has 1 aromatic heterocycles. The molecule has 88 valence electrons. The van der Waals surface area contributed by atoms with E-state index < -0.39 is 0 Å². The minimum Gasteiger partial charge on any atom is -0.314 e. The minimum absolute atomic E-state index is 0. The van der Waals surface area contributed by atoms with E-state index in [2.05, 4.69) is 34.7 Å². The maximum absolute atomic E-state index is 3.38. The lowest BCUT2D eigenvalue weighted by molar-refractivity contribution is 0.188. The lowest BCUT2D eigenvalue weighted by atomic mass is 10.2. The van der Waals surface area contributed by atoms with E-state index in [-0.39, 0.29) is 24.8 Å². The predicted octanol–water partition coefficient (Wildman–Crippen LogP) is 2.56. The van der Waals surface area contributed by atoms with Crippen molar-refractivity contribution in [3.8, 4) is 0 Å². The van der Waals surface area contributed by atoms with Crippen molar-refractivity contribution >= 4 is 36.2 Å². The summed E-state index contributed by atoms with van der Waals surface area (Å²) in [6.45, 7) is 6.93. The van der Waals surface area contributed by atoms with Gasteiger partial charge in [0.1, 0.15) is 0 Å². The number of hydrogen-bond donors (Lipinski definition) is 1. The third-order valence-corrected chi connectivity index (χ3v) is 3.70. The van der Waals surface area contributed by atoms with Crippen LogP contribution in [0.2, 0.25) is 0 Å². The largest absolute Gasteiger partial charge is 0.314 e. The summed E-state index contributed by atoms with van der Waals surface area (Å²) in [4.78, 5) is 4.03. The lowest BCUT2D eigenvalue weighted by Crippen LogP contribution is -2.44. The maximum Gasteiger partial charge on any atom is 0.0414 e. The molecule has 0 radical (unpaired) electrons. The normalized spacial score (nSPS) is 18.7. The smallest absolute Gasteiger partial charge is 0.0414 e. The second-order valence-electron chi connectivity index (χ2n) is 3.48. The van der Waals surface area contributed by atoms with E-state index in [1.54, 1.807) is 0 Å². The van der Waals surface area contributed by atoms with Crippen LogP contribution in [0.15, 0.2) is 17.5 Å².